The van der Waals surface area contributed by atoms with Gasteiger partial charge in [-0.2, -0.15) is 13.2 Å². The maximum absolute atomic E-state index is 12.4. The second-order valence-electron chi connectivity index (χ2n) is 6.14. The van der Waals surface area contributed by atoms with Crippen molar-refractivity contribution in [2.24, 2.45) is 5.92 Å². The van der Waals surface area contributed by atoms with Gasteiger partial charge < -0.3 is 10.1 Å². The normalized spacial score (nSPS) is 26.7. The van der Waals surface area contributed by atoms with Crippen LogP contribution in [0.1, 0.15) is 29.6 Å². The van der Waals surface area contributed by atoms with Crippen LogP contribution in [0.4, 0.5) is 13.2 Å². The Kier molecular flexibility index (Phi) is 4.91. The lowest BCUT2D eigenvalue weighted by Crippen LogP contribution is -2.44. The predicted molar refractivity (Wildman–Crippen MR) is 79.3 cm³/mol. The summed E-state index contributed by atoms with van der Waals surface area (Å²) in [5, 5.41) is 2.89. The molecule has 2 aliphatic rings. The lowest BCUT2D eigenvalue weighted by molar-refractivity contribution is -0.154. The molecule has 1 amide bonds. The molecular weight excluding hydrogens is 325 g/mol. The van der Waals surface area contributed by atoms with Crippen LogP contribution in [-0.2, 0) is 0 Å². The Balaban J connectivity index is 1.62. The summed E-state index contributed by atoms with van der Waals surface area (Å²) in [6, 6.07) is 3.33. The fourth-order valence-electron chi connectivity index (χ4n) is 3.22. The first-order valence-electron chi connectivity index (χ1n) is 7.86. The van der Waals surface area contributed by atoms with Crippen molar-refractivity contribution in [3.63, 3.8) is 0 Å². The Hall–Kier alpha value is -1.87. The average Bonchev–Trinajstić information content (AvgIpc) is 3.00. The molecule has 1 saturated carbocycles. The highest BCUT2D eigenvalue weighted by atomic mass is 19.4. The zero-order valence-electron chi connectivity index (χ0n) is 12.9. The maximum Gasteiger partial charge on any atom is 0.422 e. The van der Waals surface area contributed by atoms with Crippen LogP contribution in [0, 0.1) is 5.92 Å². The van der Waals surface area contributed by atoms with Gasteiger partial charge in [-0.05, 0) is 37.3 Å². The lowest BCUT2D eigenvalue weighted by Gasteiger charge is -2.31. The van der Waals surface area contributed by atoms with E-state index in [1.54, 1.807) is 0 Å². The van der Waals surface area contributed by atoms with Crippen molar-refractivity contribution in [3.8, 4) is 5.88 Å². The number of ether oxygens (including phenoxy) is 1. The molecule has 1 aliphatic carbocycles. The molecule has 24 heavy (non-hydrogen) atoms. The first-order valence-corrected chi connectivity index (χ1v) is 7.86. The van der Waals surface area contributed by atoms with Crippen LogP contribution in [0.3, 0.4) is 0 Å². The largest absolute Gasteiger partial charge is 0.467 e. The number of hydrogen-bond donors (Lipinski definition) is 3. The topological polar surface area (TPSA) is 75.3 Å². The highest BCUT2D eigenvalue weighted by Gasteiger charge is 2.35. The molecule has 3 rings (SSSR count). The number of hydrogen-bond acceptors (Lipinski definition) is 5. The molecule has 0 aromatic carbocycles. The summed E-state index contributed by atoms with van der Waals surface area (Å²) in [4.78, 5) is 16.2. The highest BCUT2D eigenvalue weighted by Crippen LogP contribution is 2.27. The molecule has 9 heteroatoms. The van der Waals surface area contributed by atoms with Crippen molar-refractivity contribution in [2.45, 2.75) is 37.5 Å². The van der Waals surface area contributed by atoms with Crippen molar-refractivity contribution in [3.05, 3.63) is 23.9 Å². The second kappa shape index (κ2) is 6.94. The minimum absolute atomic E-state index is 0.00359. The number of alkyl halides is 3. The fourth-order valence-corrected chi connectivity index (χ4v) is 3.22. The molecule has 6 nitrogen and oxygen atoms in total. The number of nitrogens with one attached hydrogen (secondary N) is 3. The van der Waals surface area contributed by atoms with Gasteiger partial charge in [-0.15, -0.1) is 0 Å². The summed E-state index contributed by atoms with van der Waals surface area (Å²) in [5.74, 6) is -0.313. The molecule has 1 aromatic heterocycles. The summed E-state index contributed by atoms with van der Waals surface area (Å²) in [6.07, 6.45) is -0.598. The molecule has 1 aromatic rings. The van der Waals surface area contributed by atoms with E-state index in [1.165, 1.54) is 18.3 Å². The minimum atomic E-state index is -4.48. The molecule has 0 bridgehead atoms. The minimum Gasteiger partial charge on any atom is -0.467 e. The van der Waals surface area contributed by atoms with Gasteiger partial charge in [0.25, 0.3) is 5.91 Å². The zero-order valence-corrected chi connectivity index (χ0v) is 12.9. The number of carbonyl (C=O) groups is 1. The number of amides is 1. The van der Waals surface area contributed by atoms with Gasteiger partial charge in [0.2, 0.25) is 5.88 Å². The van der Waals surface area contributed by atoms with Crippen LogP contribution < -0.4 is 20.9 Å². The van der Waals surface area contributed by atoms with Gasteiger partial charge in [0.15, 0.2) is 6.61 Å². The third-order valence-electron chi connectivity index (χ3n) is 4.36. The standard InChI is InChI=1S/C15H19F3N4O2/c16-15(17,18)8-24-14-11(2-1-5-19-14)13(23)21-10-3-4-12-9(6-10)7-20-22-12/h1-2,5,9-10,12,20,22H,3-4,6-8H2,(H,21,23). The van der Waals surface area contributed by atoms with Crippen LogP contribution in [0.15, 0.2) is 18.3 Å². The number of pyridine rings is 1. The molecule has 3 N–H and O–H groups in total. The number of fused-ring (bicyclic) bond motifs is 1. The summed E-state index contributed by atoms with van der Waals surface area (Å²) in [5.41, 5.74) is 6.34. The highest BCUT2D eigenvalue weighted by molar-refractivity contribution is 5.96. The van der Waals surface area contributed by atoms with Gasteiger partial charge in [0, 0.05) is 24.8 Å². The molecule has 0 spiro atoms. The fraction of sp³-hybridized carbons (Fsp3) is 0.600. The molecular formula is C15H19F3N4O2. The molecule has 1 aliphatic heterocycles. The van der Waals surface area contributed by atoms with E-state index in [2.05, 4.69) is 25.9 Å². The van der Waals surface area contributed by atoms with E-state index in [4.69, 9.17) is 0 Å². The van der Waals surface area contributed by atoms with E-state index in [9.17, 15) is 18.0 Å². The molecule has 3 atom stereocenters. The summed E-state index contributed by atoms with van der Waals surface area (Å²) in [6.45, 7) is -0.626. The van der Waals surface area contributed by atoms with Crippen molar-refractivity contribution in [1.29, 1.82) is 0 Å². The monoisotopic (exact) mass is 344 g/mol. The van der Waals surface area contributed by atoms with Crippen molar-refractivity contribution in [1.82, 2.24) is 21.2 Å². The van der Waals surface area contributed by atoms with Gasteiger partial charge in [-0.3, -0.25) is 15.6 Å². The van der Waals surface area contributed by atoms with Crippen LogP contribution in [0.25, 0.3) is 0 Å². The Morgan fingerprint density at radius 1 is 1.42 bits per heavy atom. The first-order chi connectivity index (χ1) is 11.4. The molecule has 132 valence electrons. The predicted octanol–water partition coefficient (Wildman–Crippen LogP) is 1.40. The quantitative estimate of drug-likeness (QED) is 0.770. The van der Waals surface area contributed by atoms with Crippen molar-refractivity contribution < 1.29 is 22.7 Å². The Bertz CT molecular complexity index is 596. The summed E-state index contributed by atoms with van der Waals surface area (Å²) < 4.78 is 41.6. The van der Waals surface area contributed by atoms with Crippen molar-refractivity contribution in [2.75, 3.05) is 13.2 Å². The van der Waals surface area contributed by atoms with E-state index in [-0.39, 0.29) is 17.5 Å². The van der Waals surface area contributed by atoms with E-state index in [0.717, 1.165) is 25.8 Å². The molecule has 1 saturated heterocycles. The van der Waals surface area contributed by atoms with Gasteiger partial charge in [0.05, 0.1) is 0 Å². The van der Waals surface area contributed by atoms with Crippen LogP contribution >= 0.6 is 0 Å². The van der Waals surface area contributed by atoms with E-state index >= 15 is 0 Å². The summed E-state index contributed by atoms with van der Waals surface area (Å²) in [7, 11) is 0. The molecule has 2 fully saturated rings. The number of carbonyl (C=O) groups excluding carboxylic acids is 1. The number of halogens is 3. The van der Waals surface area contributed by atoms with E-state index < -0.39 is 18.7 Å². The molecule has 3 unspecified atom stereocenters. The van der Waals surface area contributed by atoms with Gasteiger partial charge in [-0.1, -0.05) is 0 Å². The SMILES string of the molecule is O=C(NC1CCC2NNCC2C1)c1cccnc1OCC(F)(F)F. The second-order valence-corrected chi connectivity index (χ2v) is 6.14. The van der Waals surface area contributed by atoms with E-state index in [1.807, 2.05) is 0 Å². The van der Waals surface area contributed by atoms with Crippen LogP contribution in [-0.4, -0.2) is 42.3 Å². The Morgan fingerprint density at radius 2 is 2.25 bits per heavy atom. The maximum atomic E-state index is 12.4. The molecule has 2 heterocycles. The third-order valence-corrected chi connectivity index (χ3v) is 4.36. The summed E-state index contributed by atoms with van der Waals surface area (Å²) >= 11 is 0. The van der Waals surface area contributed by atoms with Gasteiger partial charge in [0.1, 0.15) is 5.56 Å². The van der Waals surface area contributed by atoms with Gasteiger partial charge >= 0.3 is 6.18 Å². The zero-order chi connectivity index (χ0) is 17.2. The molecule has 0 radical (unpaired) electrons. The first kappa shape index (κ1) is 17.0. The number of aromatic nitrogens is 1. The number of hydrazine groups is 1. The van der Waals surface area contributed by atoms with Gasteiger partial charge in [-0.25, -0.2) is 4.98 Å². The Labute approximate surface area is 137 Å². The van der Waals surface area contributed by atoms with Crippen LogP contribution in [0.5, 0.6) is 5.88 Å². The van der Waals surface area contributed by atoms with Crippen molar-refractivity contribution >= 4 is 5.91 Å². The third kappa shape index (κ3) is 4.15. The number of rotatable bonds is 4. The Morgan fingerprint density at radius 3 is 3.04 bits per heavy atom. The average molecular weight is 344 g/mol. The lowest BCUT2D eigenvalue weighted by atomic mass is 9.83. The smallest absolute Gasteiger partial charge is 0.422 e. The van der Waals surface area contributed by atoms with Crippen LogP contribution in [0.2, 0.25) is 0 Å². The number of nitrogens with zero attached hydrogens (tertiary/aromatic N) is 1. The van der Waals surface area contributed by atoms with E-state index in [0.29, 0.717) is 12.0 Å².